The van der Waals surface area contributed by atoms with Crippen molar-refractivity contribution in [2.24, 2.45) is 0 Å². The van der Waals surface area contributed by atoms with Crippen molar-refractivity contribution in [2.45, 2.75) is 6.04 Å². The van der Waals surface area contributed by atoms with E-state index in [0.29, 0.717) is 6.54 Å². The molecule has 1 N–H and O–H groups in total. The van der Waals surface area contributed by atoms with Crippen LogP contribution >= 0.6 is 22.9 Å². The van der Waals surface area contributed by atoms with Crippen LogP contribution in [0.25, 0.3) is 0 Å². The van der Waals surface area contributed by atoms with E-state index >= 15 is 0 Å². The fourth-order valence-corrected chi connectivity index (χ4v) is 3.73. The number of hydrogen-bond donors (Lipinski definition) is 1. The van der Waals surface area contributed by atoms with Crippen molar-refractivity contribution in [3.8, 4) is 0 Å². The number of carbonyl (C=O) groups is 1. The van der Waals surface area contributed by atoms with Crippen LogP contribution in [0.5, 0.6) is 0 Å². The molecule has 2 heterocycles. The molecule has 1 aromatic heterocycles. The Morgan fingerprint density at radius 3 is 2.54 bits per heavy atom. The summed E-state index contributed by atoms with van der Waals surface area (Å²) in [6.45, 7) is 4.69. The lowest BCUT2D eigenvalue weighted by Gasteiger charge is -2.38. The third kappa shape index (κ3) is 4.36. The van der Waals surface area contributed by atoms with E-state index in [-0.39, 0.29) is 11.9 Å². The second-order valence-electron chi connectivity index (χ2n) is 6.09. The summed E-state index contributed by atoms with van der Waals surface area (Å²) in [4.78, 5) is 17.8. The van der Waals surface area contributed by atoms with E-state index in [9.17, 15) is 4.79 Å². The number of benzene rings is 1. The lowest BCUT2D eigenvalue weighted by atomic mass is 10.0. The average Bonchev–Trinajstić information content (AvgIpc) is 3.12. The number of thiophene rings is 1. The van der Waals surface area contributed by atoms with E-state index in [1.807, 2.05) is 29.6 Å². The minimum atomic E-state index is -0.00177. The normalized spacial score (nSPS) is 17.6. The number of carbonyl (C=O) groups excluding carboxylic acids is 1. The smallest absolute Gasteiger partial charge is 0.261 e. The van der Waals surface area contributed by atoms with Gasteiger partial charge in [-0.15, -0.1) is 11.3 Å². The van der Waals surface area contributed by atoms with Gasteiger partial charge in [0.25, 0.3) is 5.91 Å². The largest absolute Gasteiger partial charge is 0.349 e. The third-order valence-corrected chi connectivity index (χ3v) is 5.55. The van der Waals surface area contributed by atoms with Gasteiger partial charge in [0.2, 0.25) is 0 Å². The van der Waals surface area contributed by atoms with Crippen molar-refractivity contribution in [3.63, 3.8) is 0 Å². The number of hydrogen-bond acceptors (Lipinski definition) is 4. The maximum absolute atomic E-state index is 12.3. The highest BCUT2D eigenvalue weighted by atomic mass is 35.5. The Morgan fingerprint density at radius 2 is 1.92 bits per heavy atom. The van der Waals surface area contributed by atoms with Gasteiger partial charge >= 0.3 is 0 Å². The Balaban J connectivity index is 1.71. The summed E-state index contributed by atoms with van der Waals surface area (Å²) in [5.74, 6) is -0.00177. The molecule has 1 amide bonds. The highest BCUT2D eigenvalue weighted by molar-refractivity contribution is 7.12. The van der Waals surface area contributed by atoms with Crippen molar-refractivity contribution < 1.29 is 4.79 Å². The molecule has 24 heavy (non-hydrogen) atoms. The molecule has 3 rings (SSSR count). The van der Waals surface area contributed by atoms with Crippen LogP contribution in [0.1, 0.15) is 21.3 Å². The van der Waals surface area contributed by atoms with E-state index < -0.39 is 0 Å². The van der Waals surface area contributed by atoms with Gasteiger partial charge in [0, 0.05) is 37.7 Å². The lowest BCUT2D eigenvalue weighted by molar-refractivity contribution is 0.0889. The van der Waals surface area contributed by atoms with E-state index in [1.165, 1.54) is 16.9 Å². The molecule has 0 aliphatic carbocycles. The Morgan fingerprint density at radius 1 is 1.21 bits per heavy atom. The minimum absolute atomic E-state index is 0.00177. The van der Waals surface area contributed by atoms with Crippen LogP contribution in [0.15, 0.2) is 41.8 Å². The van der Waals surface area contributed by atoms with Crippen LogP contribution < -0.4 is 5.32 Å². The molecule has 6 heteroatoms. The van der Waals surface area contributed by atoms with Crippen LogP contribution in [0.4, 0.5) is 0 Å². The standard InChI is InChI=1S/C18H22ClN3OS/c1-21-8-10-22(11-9-21)16(14-4-6-15(19)7-5-14)13-20-18(23)17-3-2-12-24-17/h2-7,12,16H,8-11,13H2,1H3,(H,20,23)/t16-/m0/s1. The number of likely N-dealkylation sites (N-methyl/N-ethyl adjacent to an activating group) is 1. The number of piperazine rings is 1. The summed E-state index contributed by atoms with van der Waals surface area (Å²) >= 11 is 7.49. The Kier molecular flexibility index (Phi) is 5.89. The molecule has 0 radical (unpaired) electrons. The second kappa shape index (κ2) is 8.12. The van der Waals surface area contributed by atoms with Crippen LogP contribution in [0.2, 0.25) is 5.02 Å². The van der Waals surface area contributed by atoms with Gasteiger partial charge in [0.15, 0.2) is 0 Å². The summed E-state index contributed by atoms with van der Waals surface area (Å²) in [6, 6.07) is 11.9. The fourth-order valence-electron chi connectivity index (χ4n) is 2.96. The monoisotopic (exact) mass is 363 g/mol. The molecule has 1 saturated heterocycles. The molecular weight excluding hydrogens is 342 g/mol. The minimum Gasteiger partial charge on any atom is -0.349 e. The van der Waals surface area contributed by atoms with Crippen LogP contribution in [-0.2, 0) is 0 Å². The molecule has 128 valence electrons. The van der Waals surface area contributed by atoms with Crippen LogP contribution in [0, 0.1) is 0 Å². The van der Waals surface area contributed by atoms with Crippen molar-refractivity contribution in [2.75, 3.05) is 39.8 Å². The molecule has 1 fully saturated rings. The molecule has 1 atom stereocenters. The van der Waals surface area contributed by atoms with Gasteiger partial charge in [0.05, 0.1) is 10.9 Å². The van der Waals surface area contributed by atoms with Crippen molar-refractivity contribution in [1.29, 1.82) is 0 Å². The average molecular weight is 364 g/mol. The summed E-state index contributed by atoms with van der Waals surface area (Å²) in [5.41, 5.74) is 1.19. The Bertz CT molecular complexity index is 651. The summed E-state index contributed by atoms with van der Waals surface area (Å²) in [7, 11) is 2.15. The first-order valence-electron chi connectivity index (χ1n) is 8.13. The maximum Gasteiger partial charge on any atom is 0.261 e. The predicted octanol–water partition coefficient (Wildman–Crippen LogP) is 3.12. The first-order chi connectivity index (χ1) is 11.6. The van der Waals surface area contributed by atoms with Gasteiger partial charge < -0.3 is 10.2 Å². The summed E-state index contributed by atoms with van der Waals surface area (Å²) in [5, 5.41) is 5.75. The topological polar surface area (TPSA) is 35.6 Å². The molecule has 1 aliphatic rings. The van der Waals surface area contributed by atoms with Crippen molar-refractivity contribution >= 4 is 28.8 Å². The number of halogens is 1. The number of nitrogens with zero attached hydrogens (tertiary/aromatic N) is 2. The van der Waals surface area contributed by atoms with Gasteiger partial charge in [-0.25, -0.2) is 0 Å². The zero-order valence-electron chi connectivity index (χ0n) is 13.7. The predicted molar refractivity (Wildman–Crippen MR) is 99.9 cm³/mol. The quantitative estimate of drug-likeness (QED) is 0.886. The van der Waals surface area contributed by atoms with Crippen LogP contribution in [0.3, 0.4) is 0 Å². The molecule has 2 aromatic rings. The van der Waals surface area contributed by atoms with Crippen molar-refractivity contribution in [1.82, 2.24) is 15.1 Å². The number of nitrogens with one attached hydrogen (secondary N) is 1. The first kappa shape index (κ1) is 17.4. The number of rotatable bonds is 5. The van der Waals surface area contributed by atoms with E-state index in [4.69, 9.17) is 11.6 Å². The van der Waals surface area contributed by atoms with Gasteiger partial charge in [-0.05, 0) is 36.2 Å². The molecule has 4 nitrogen and oxygen atoms in total. The lowest BCUT2D eigenvalue weighted by Crippen LogP contribution is -2.48. The SMILES string of the molecule is CN1CCN([C@@H](CNC(=O)c2cccs2)c2ccc(Cl)cc2)CC1. The number of amides is 1. The summed E-state index contributed by atoms with van der Waals surface area (Å²) in [6.07, 6.45) is 0. The molecule has 0 bridgehead atoms. The zero-order valence-corrected chi connectivity index (χ0v) is 15.3. The third-order valence-electron chi connectivity index (χ3n) is 4.43. The molecule has 1 aliphatic heterocycles. The molecule has 0 saturated carbocycles. The van der Waals surface area contributed by atoms with Gasteiger partial charge in [0.1, 0.15) is 0 Å². The van der Waals surface area contributed by atoms with Crippen LogP contribution in [-0.4, -0.2) is 55.5 Å². The maximum atomic E-state index is 12.3. The molecule has 1 aromatic carbocycles. The summed E-state index contributed by atoms with van der Waals surface area (Å²) < 4.78 is 0. The van der Waals surface area contributed by atoms with E-state index in [0.717, 1.165) is 36.1 Å². The first-order valence-corrected chi connectivity index (χ1v) is 9.39. The second-order valence-corrected chi connectivity index (χ2v) is 7.48. The van der Waals surface area contributed by atoms with E-state index in [2.05, 4.69) is 34.3 Å². The zero-order chi connectivity index (χ0) is 16.9. The highest BCUT2D eigenvalue weighted by Crippen LogP contribution is 2.23. The Hall–Kier alpha value is -1.40. The highest BCUT2D eigenvalue weighted by Gasteiger charge is 2.24. The van der Waals surface area contributed by atoms with E-state index in [1.54, 1.807) is 0 Å². The molecular formula is C18H22ClN3OS. The molecule has 0 unspecified atom stereocenters. The van der Waals surface area contributed by atoms with Gasteiger partial charge in [-0.1, -0.05) is 29.8 Å². The van der Waals surface area contributed by atoms with Crippen molar-refractivity contribution in [3.05, 3.63) is 57.2 Å². The van der Waals surface area contributed by atoms with Gasteiger partial charge in [-0.2, -0.15) is 0 Å². The molecule has 0 spiro atoms. The Labute approximate surface area is 152 Å². The fraction of sp³-hybridized carbons (Fsp3) is 0.389. The van der Waals surface area contributed by atoms with Gasteiger partial charge in [-0.3, -0.25) is 9.69 Å².